The second-order valence-corrected chi connectivity index (χ2v) is 4.84. The number of nitrogens with zero attached hydrogens (tertiary/aromatic N) is 3. The Morgan fingerprint density at radius 1 is 1.19 bits per heavy atom. The second-order valence-electron chi connectivity index (χ2n) is 4.84. The minimum Gasteiger partial charge on any atom is -0.384 e. The first-order chi connectivity index (χ1) is 7.48. The molecule has 4 nitrogen and oxygen atoms in total. The van der Waals surface area contributed by atoms with Gasteiger partial charge in [-0.2, -0.15) is 0 Å². The van der Waals surface area contributed by atoms with Crippen LogP contribution in [0.2, 0.25) is 0 Å². The van der Waals surface area contributed by atoms with Crippen LogP contribution in [0, 0.1) is 0 Å². The molecule has 0 bridgehead atoms. The van der Waals surface area contributed by atoms with Crippen LogP contribution in [0.3, 0.4) is 0 Å². The van der Waals surface area contributed by atoms with Gasteiger partial charge in [-0.3, -0.25) is 0 Å². The highest BCUT2D eigenvalue weighted by Crippen LogP contribution is 2.24. The quantitative estimate of drug-likeness (QED) is 0.794. The normalized spacial score (nSPS) is 11.7. The maximum absolute atomic E-state index is 5.57. The fourth-order valence-corrected chi connectivity index (χ4v) is 1.60. The molecule has 0 unspecified atom stereocenters. The molecule has 2 aromatic heterocycles. The molecular formula is C12H16N4. The van der Waals surface area contributed by atoms with Crippen molar-refractivity contribution in [3.63, 3.8) is 0 Å². The van der Waals surface area contributed by atoms with Crippen LogP contribution in [0.25, 0.3) is 5.69 Å². The summed E-state index contributed by atoms with van der Waals surface area (Å²) in [5, 5.41) is 0. The van der Waals surface area contributed by atoms with Crippen LogP contribution in [0.4, 0.5) is 5.82 Å². The molecule has 0 saturated heterocycles. The van der Waals surface area contributed by atoms with Gasteiger partial charge in [0.25, 0.3) is 0 Å². The summed E-state index contributed by atoms with van der Waals surface area (Å²) in [7, 11) is 0. The van der Waals surface area contributed by atoms with E-state index >= 15 is 0 Å². The highest BCUT2D eigenvalue weighted by molar-refractivity contribution is 5.39. The third-order valence-electron chi connectivity index (χ3n) is 2.46. The summed E-state index contributed by atoms with van der Waals surface area (Å²) >= 11 is 0. The van der Waals surface area contributed by atoms with E-state index in [2.05, 4.69) is 30.7 Å². The van der Waals surface area contributed by atoms with Gasteiger partial charge in [0.1, 0.15) is 5.82 Å². The van der Waals surface area contributed by atoms with Gasteiger partial charge in [-0.1, -0.05) is 20.8 Å². The number of anilines is 1. The first-order valence-electron chi connectivity index (χ1n) is 5.23. The molecule has 0 aliphatic heterocycles. The molecule has 16 heavy (non-hydrogen) atoms. The first-order valence-corrected chi connectivity index (χ1v) is 5.23. The average molecular weight is 216 g/mol. The predicted molar refractivity (Wildman–Crippen MR) is 64.5 cm³/mol. The van der Waals surface area contributed by atoms with Crippen molar-refractivity contribution in [3.05, 3.63) is 36.5 Å². The number of imidazole rings is 1. The molecule has 0 amide bonds. The summed E-state index contributed by atoms with van der Waals surface area (Å²) < 4.78 is 2.03. The van der Waals surface area contributed by atoms with E-state index in [9.17, 15) is 0 Å². The zero-order valence-electron chi connectivity index (χ0n) is 9.81. The number of aromatic nitrogens is 3. The van der Waals surface area contributed by atoms with Crippen molar-refractivity contribution in [2.24, 2.45) is 0 Å². The summed E-state index contributed by atoms with van der Waals surface area (Å²) in [4.78, 5) is 8.28. The van der Waals surface area contributed by atoms with E-state index in [0.717, 1.165) is 11.4 Å². The van der Waals surface area contributed by atoms with E-state index in [-0.39, 0.29) is 5.41 Å². The van der Waals surface area contributed by atoms with Crippen molar-refractivity contribution in [3.8, 4) is 5.69 Å². The van der Waals surface area contributed by atoms with Crippen LogP contribution in [0.15, 0.2) is 30.9 Å². The van der Waals surface area contributed by atoms with Crippen molar-refractivity contribution in [1.29, 1.82) is 0 Å². The number of hydrogen-bond acceptors (Lipinski definition) is 3. The van der Waals surface area contributed by atoms with E-state index in [1.165, 1.54) is 0 Å². The number of rotatable bonds is 1. The van der Waals surface area contributed by atoms with Gasteiger partial charge in [0.2, 0.25) is 0 Å². The Hall–Kier alpha value is -1.84. The lowest BCUT2D eigenvalue weighted by Gasteiger charge is -2.20. The topological polar surface area (TPSA) is 56.7 Å². The number of hydrogen-bond donors (Lipinski definition) is 1. The van der Waals surface area contributed by atoms with Gasteiger partial charge >= 0.3 is 0 Å². The first kappa shape index (κ1) is 10.7. The van der Waals surface area contributed by atoms with Crippen LogP contribution < -0.4 is 5.73 Å². The molecule has 0 aliphatic rings. The zero-order valence-corrected chi connectivity index (χ0v) is 9.81. The Labute approximate surface area is 95.1 Å². The molecule has 0 atom stereocenters. The summed E-state index contributed by atoms with van der Waals surface area (Å²) in [5.74, 6) is 0.529. The van der Waals surface area contributed by atoms with E-state index in [1.807, 2.05) is 16.8 Å². The van der Waals surface area contributed by atoms with Gasteiger partial charge in [-0.05, 0) is 12.1 Å². The van der Waals surface area contributed by atoms with Crippen molar-refractivity contribution < 1.29 is 0 Å². The van der Waals surface area contributed by atoms with Gasteiger partial charge in [0.15, 0.2) is 0 Å². The van der Waals surface area contributed by atoms with Gasteiger partial charge in [-0.15, -0.1) is 0 Å². The highest BCUT2D eigenvalue weighted by atomic mass is 15.1. The third-order valence-corrected chi connectivity index (χ3v) is 2.46. The Morgan fingerprint density at radius 3 is 2.50 bits per heavy atom. The second kappa shape index (κ2) is 3.63. The summed E-state index contributed by atoms with van der Waals surface area (Å²) in [6.07, 6.45) is 5.44. The van der Waals surface area contributed by atoms with Crippen molar-refractivity contribution in [1.82, 2.24) is 14.5 Å². The lowest BCUT2D eigenvalue weighted by atomic mass is 9.92. The maximum atomic E-state index is 5.57. The van der Waals surface area contributed by atoms with E-state index < -0.39 is 0 Å². The minimum atomic E-state index is 0.0535. The molecule has 2 rings (SSSR count). The summed E-state index contributed by atoms with van der Waals surface area (Å²) in [5.41, 5.74) is 7.76. The van der Waals surface area contributed by atoms with E-state index in [1.54, 1.807) is 18.6 Å². The largest absolute Gasteiger partial charge is 0.384 e. The lowest BCUT2D eigenvalue weighted by Crippen LogP contribution is -2.16. The van der Waals surface area contributed by atoms with Crippen LogP contribution in [0.1, 0.15) is 26.5 Å². The Bertz CT molecular complexity index is 476. The lowest BCUT2D eigenvalue weighted by molar-refractivity contribution is 0.556. The minimum absolute atomic E-state index is 0.0535. The van der Waals surface area contributed by atoms with Crippen molar-refractivity contribution in [2.45, 2.75) is 26.2 Å². The van der Waals surface area contributed by atoms with Crippen LogP contribution in [-0.2, 0) is 5.41 Å². The van der Waals surface area contributed by atoms with Gasteiger partial charge < -0.3 is 10.3 Å². The molecule has 0 aromatic carbocycles. The summed E-state index contributed by atoms with van der Waals surface area (Å²) in [6, 6.07) is 3.74. The monoisotopic (exact) mass is 216 g/mol. The molecule has 0 saturated carbocycles. The van der Waals surface area contributed by atoms with E-state index in [4.69, 9.17) is 5.73 Å². The molecule has 84 valence electrons. The SMILES string of the molecule is CC(C)(C)c1cncn1-c1ccc(N)nc1. The van der Waals surface area contributed by atoms with Gasteiger partial charge in [-0.25, -0.2) is 9.97 Å². The molecule has 0 fully saturated rings. The fourth-order valence-electron chi connectivity index (χ4n) is 1.60. The molecule has 2 aromatic rings. The smallest absolute Gasteiger partial charge is 0.123 e. The standard InChI is InChI=1S/C12H16N4/c1-12(2,3)10-7-14-8-16(10)9-4-5-11(13)15-6-9/h4-8H,1-3H3,(H2,13,15). The predicted octanol–water partition coefficient (Wildman–Crippen LogP) is 2.15. The van der Waals surface area contributed by atoms with E-state index in [0.29, 0.717) is 5.82 Å². The molecule has 2 N–H and O–H groups in total. The highest BCUT2D eigenvalue weighted by Gasteiger charge is 2.19. The zero-order chi connectivity index (χ0) is 11.8. The number of nitrogens with two attached hydrogens (primary N) is 1. The molecule has 4 heteroatoms. The third kappa shape index (κ3) is 1.91. The van der Waals surface area contributed by atoms with Crippen LogP contribution in [0.5, 0.6) is 0 Å². The Morgan fingerprint density at radius 2 is 1.94 bits per heavy atom. The Kier molecular flexibility index (Phi) is 2.42. The van der Waals surface area contributed by atoms with Gasteiger partial charge in [0, 0.05) is 17.3 Å². The number of nitrogen functional groups attached to an aromatic ring is 1. The average Bonchev–Trinajstić information content (AvgIpc) is 2.66. The maximum Gasteiger partial charge on any atom is 0.123 e. The molecule has 0 spiro atoms. The summed E-state index contributed by atoms with van der Waals surface area (Å²) in [6.45, 7) is 6.47. The molecule has 2 heterocycles. The Balaban J connectivity index is 2.49. The molecular weight excluding hydrogens is 200 g/mol. The molecule has 0 radical (unpaired) electrons. The van der Waals surface area contributed by atoms with Crippen LogP contribution >= 0.6 is 0 Å². The molecule has 0 aliphatic carbocycles. The van der Waals surface area contributed by atoms with Crippen molar-refractivity contribution >= 4 is 5.82 Å². The number of pyridine rings is 1. The fraction of sp³-hybridized carbons (Fsp3) is 0.333. The van der Waals surface area contributed by atoms with Crippen LogP contribution in [-0.4, -0.2) is 14.5 Å². The van der Waals surface area contributed by atoms with Crippen molar-refractivity contribution in [2.75, 3.05) is 5.73 Å². The van der Waals surface area contributed by atoms with Gasteiger partial charge in [0.05, 0.1) is 18.2 Å².